The number of amides is 1. The molecule has 1 unspecified atom stereocenters. The molecule has 0 aliphatic heterocycles. The van der Waals surface area contributed by atoms with E-state index in [4.69, 9.17) is 11.6 Å². The van der Waals surface area contributed by atoms with Gasteiger partial charge in [0.05, 0.1) is 21.6 Å². The molecule has 24 heavy (non-hydrogen) atoms. The quantitative estimate of drug-likeness (QED) is 0.627. The minimum atomic E-state index is -0.544. The molecule has 0 heterocycles. The summed E-state index contributed by atoms with van der Waals surface area (Å²) >= 11 is 6.03. The van der Waals surface area contributed by atoms with Gasteiger partial charge in [-0.2, -0.15) is 0 Å². The molecule has 2 aromatic carbocycles. The van der Waals surface area contributed by atoms with Gasteiger partial charge in [0.2, 0.25) is 0 Å². The van der Waals surface area contributed by atoms with Crippen LogP contribution in [0.1, 0.15) is 46.4 Å². The van der Waals surface area contributed by atoms with E-state index in [2.05, 4.69) is 11.4 Å². The number of aryl methyl sites for hydroxylation is 2. The summed E-state index contributed by atoms with van der Waals surface area (Å²) in [6.07, 6.45) is 0.722. The molecule has 0 aliphatic rings. The highest BCUT2D eigenvalue weighted by atomic mass is 35.5. The summed E-state index contributed by atoms with van der Waals surface area (Å²) in [5.74, 6) is -0.346. The number of halogens is 1. The van der Waals surface area contributed by atoms with Crippen molar-refractivity contribution in [3.63, 3.8) is 0 Å². The van der Waals surface area contributed by atoms with Gasteiger partial charge in [-0.1, -0.05) is 42.3 Å². The standard InChI is InChI=1S/C18H19ClN2O3/c1-4-17(14-7-5-11(2)9-12(14)3)20-18(22)15-8-6-13(21(23)24)10-16(15)19/h5-10,17H,4H2,1-3H3,(H,20,22). The van der Waals surface area contributed by atoms with Crippen molar-refractivity contribution in [1.29, 1.82) is 0 Å². The van der Waals surface area contributed by atoms with Crippen molar-refractivity contribution >= 4 is 23.2 Å². The Kier molecular flexibility index (Phi) is 5.57. The first-order chi connectivity index (χ1) is 11.3. The molecule has 126 valence electrons. The molecule has 2 rings (SSSR count). The van der Waals surface area contributed by atoms with Crippen molar-refractivity contribution in [3.05, 3.63) is 73.8 Å². The Morgan fingerprint density at radius 1 is 1.25 bits per heavy atom. The van der Waals surface area contributed by atoms with Crippen LogP contribution in [-0.2, 0) is 0 Å². The number of nitro groups is 1. The van der Waals surface area contributed by atoms with E-state index in [1.165, 1.54) is 18.2 Å². The van der Waals surface area contributed by atoms with Crippen molar-refractivity contribution in [2.75, 3.05) is 0 Å². The lowest BCUT2D eigenvalue weighted by Crippen LogP contribution is -2.28. The highest BCUT2D eigenvalue weighted by molar-refractivity contribution is 6.34. The third-order valence-electron chi connectivity index (χ3n) is 3.92. The molecule has 1 amide bonds. The third kappa shape index (κ3) is 3.92. The number of hydrogen-bond donors (Lipinski definition) is 1. The van der Waals surface area contributed by atoms with Gasteiger partial charge in [0.1, 0.15) is 0 Å². The second-order valence-corrected chi connectivity index (χ2v) is 6.12. The van der Waals surface area contributed by atoms with Crippen LogP contribution in [0.4, 0.5) is 5.69 Å². The number of nitro benzene ring substituents is 1. The van der Waals surface area contributed by atoms with Crippen LogP contribution in [0.15, 0.2) is 36.4 Å². The SMILES string of the molecule is CCC(NC(=O)c1ccc([N+](=O)[O-])cc1Cl)c1ccc(C)cc1C. The Morgan fingerprint density at radius 3 is 2.50 bits per heavy atom. The zero-order chi connectivity index (χ0) is 17.9. The van der Waals surface area contributed by atoms with Gasteiger partial charge in [-0.25, -0.2) is 0 Å². The van der Waals surface area contributed by atoms with Gasteiger partial charge in [-0.3, -0.25) is 14.9 Å². The number of nitrogens with one attached hydrogen (secondary N) is 1. The predicted molar refractivity (Wildman–Crippen MR) is 94.5 cm³/mol. The molecule has 0 spiro atoms. The lowest BCUT2D eigenvalue weighted by atomic mass is 9.97. The highest BCUT2D eigenvalue weighted by Gasteiger charge is 2.19. The predicted octanol–water partition coefficient (Wildman–Crippen LogP) is 4.75. The summed E-state index contributed by atoms with van der Waals surface area (Å²) in [6.45, 7) is 6.02. The first-order valence-electron chi connectivity index (χ1n) is 7.65. The maximum absolute atomic E-state index is 12.5. The molecule has 0 fully saturated rings. The van der Waals surface area contributed by atoms with Gasteiger partial charge >= 0.3 is 0 Å². The molecule has 0 aromatic heterocycles. The summed E-state index contributed by atoms with van der Waals surface area (Å²) in [5, 5.41) is 13.8. The molecule has 0 saturated heterocycles. The van der Waals surface area contributed by atoms with Gasteiger partial charge in [0, 0.05) is 12.1 Å². The minimum absolute atomic E-state index is 0.0668. The maximum atomic E-state index is 12.5. The Hall–Kier alpha value is -2.40. The number of carbonyl (C=O) groups excluding carboxylic acids is 1. The highest BCUT2D eigenvalue weighted by Crippen LogP contribution is 2.25. The Bertz CT molecular complexity index is 790. The van der Waals surface area contributed by atoms with Crippen LogP contribution in [0.5, 0.6) is 0 Å². The topological polar surface area (TPSA) is 72.2 Å². The number of benzene rings is 2. The average molecular weight is 347 g/mol. The second-order valence-electron chi connectivity index (χ2n) is 5.72. The van der Waals surface area contributed by atoms with Crippen LogP contribution in [-0.4, -0.2) is 10.8 Å². The first-order valence-corrected chi connectivity index (χ1v) is 8.03. The van der Waals surface area contributed by atoms with Crippen molar-refractivity contribution in [2.24, 2.45) is 0 Å². The summed E-state index contributed by atoms with van der Waals surface area (Å²) in [6, 6.07) is 9.79. The summed E-state index contributed by atoms with van der Waals surface area (Å²) in [5.41, 5.74) is 3.41. The molecular formula is C18H19ClN2O3. The van der Waals surface area contributed by atoms with E-state index in [0.717, 1.165) is 23.1 Å². The van der Waals surface area contributed by atoms with Crippen LogP contribution in [0, 0.1) is 24.0 Å². The van der Waals surface area contributed by atoms with E-state index in [-0.39, 0.29) is 28.2 Å². The van der Waals surface area contributed by atoms with Crippen LogP contribution in [0.3, 0.4) is 0 Å². The first kappa shape index (κ1) is 17.9. The zero-order valence-electron chi connectivity index (χ0n) is 13.8. The fourth-order valence-corrected chi connectivity index (χ4v) is 2.91. The lowest BCUT2D eigenvalue weighted by molar-refractivity contribution is -0.384. The van der Waals surface area contributed by atoms with E-state index in [9.17, 15) is 14.9 Å². The van der Waals surface area contributed by atoms with Crippen LogP contribution in [0.25, 0.3) is 0 Å². The lowest BCUT2D eigenvalue weighted by Gasteiger charge is -2.20. The largest absolute Gasteiger partial charge is 0.345 e. The molecule has 0 aliphatic carbocycles. The fourth-order valence-electron chi connectivity index (χ4n) is 2.65. The van der Waals surface area contributed by atoms with Gasteiger partial charge in [-0.15, -0.1) is 0 Å². The zero-order valence-corrected chi connectivity index (χ0v) is 14.6. The molecule has 1 N–H and O–H groups in total. The molecule has 0 bridgehead atoms. The molecule has 0 saturated carbocycles. The van der Waals surface area contributed by atoms with Gasteiger partial charge in [0.25, 0.3) is 11.6 Å². The van der Waals surface area contributed by atoms with Crippen molar-refractivity contribution in [2.45, 2.75) is 33.2 Å². The number of rotatable bonds is 5. The van der Waals surface area contributed by atoms with E-state index in [0.29, 0.717) is 0 Å². The summed E-state index contributed by atoms with van der Waals surface area (Å²) in [4.78, 5) is 22.7. The Morgan fingerprint density at radius 2 is 1.96 bits per heavy atom. The summed E-state index contributed by atoms with van der Waals surface area (Å²) < 4.78 is 0. The van der Waals surface area contributed by atoms with Crippen molar-refractivity contribution < 1.29 is 9.72 Å². The maximum Gasteiger partial charge on any atom is 0.270 e. The molecule has 6 heteroatoms. The molecular weight excluding hydrogens is 328 g/mol. The third-order valence-corrected chi connectivity index (χ3v) is 4.24. The van der Waals surface area contributed by atoms with Gasteiger partial charge < -0.3 is 5.32 Å². The number of nitrogens with zero attached hydrogens (tertiary/aromatic N) is 1. The molecule has 2 aromatic rings. The second kappa shape index (κ2) is 7.45. The van der Waals surface area contributed by atoms with Crippen molar-refractivity contribution in [3.8, 4) is 0 Å². The van der Waals surface area contributed by atoms with Crippen LogP contribution >= 0.6 is 11.6 Å². The van der Waals surface area contributed by atoms with Gasteiger partial charge in [-0.05, 0) is 37.5 Å². The summed E-state index contributed by atoms with van der Waals surface area (Å²) in [7, 11) is 0. The monoisotopic (exact) mass is 346 g/mol. The van der Waals surface area contributed by atoms with Crippen LogP contribution in [0.2, 0.25) is 5.02 Å². The Labute approximate surface area is 145 Å². The number of hydrogen-bond acceptors (Lipinski definition) is 3. The van der Waals surface area contributed by atoms with E-state index < -0.39 is 4.92 Å². The minimum Gasteiger partial charge on any atom is -0.345 e. The number of non-ortho nitro benzene ring substituents is 1. The van der Waals surface area contributed by atoms with E-state index in [1.807, 2.05) is 32.9 Å². The van der Waals surface area contributed by atoms with E-state index >= 15 is 0 Å². The van der Waals surface area contributed by atoms with E-state index in [1.54, 1.807) is 0 Å². The molecule has 0 radical (unpaired) electrons. The Balaban J connectivity index is 2.25. The van der Waals surface area contributed by atoms with Crippen LogP contribution < -0.4 is 5.32 Å². The average Bonchev–Trinajstić information content (AvgIpc) is 2.52. The van der Waals surface area contributed by atoms with Crippen molar-refractivity contribution in [1.82, 2.24) is 5.32 Å². The fraction of sp³-hybridized carbons (Fsp3) is 0.278. The smallest absolute Gasteiger partial charge is 0.270 e. The molecule has 1 atom stereocenters. The molecule has 5 nitrogen and oxygen atoms in total. The van der Waals surface area contributed by atoms with Gasteiger partial charge in [0.15, 0.2) is 0 Å². The normalized spacial score (nSPS) is 11.8. The number of carbonyl (C=O) groups is 1.